The van der Waals surface area contributed by atoms with Crippen LogP contribution in [0.25, 0.3) is 5.69 Å². The maximum Gasteiger partial charge on any atom is 0.226 e. The Balaban J connectivity index is 1.44. The van der Waals surface area contributed by atoms with Gasteiger partial charge in [-0.1, -0.05) is 40.2 Å². The van der Waals surface area contributed by atoms with Crippen LogP contribution in [0, 0.1) is 6.92 Å². The normalized spacial score (nSPS) is 17.2. The second-order valence-electron chi connectivity index (χ2n) is 8.77. The summed E-state index contributed by atoms with van der Waals surface area (Å²) >= 11 is 9.37. The second-order valence-corrected chi connectivity index (χ2v) is 10.1. The van der Waals surface area contributed by atoms with Crippen molar-refractivity contribution in [3.63, 3.8) is 0 Å². The Bertz CT molecular complexity index is 1390. The molecule has 0 unspecified atom stereocenters. The number of hydrogen-bond acceptors (Lipinski definition) is 3. The number of aromatic nitrogens is 2. The molecule has 36 heavy (non-hydrogen) atoms. The summed E-state index contributed by atoms with van der Waals surface area (Å²) in [5.74, 6) is -0.0502. The van der Waals surface area contributed by atoms with E-state index in [0.29, 0.717) is 18.1 Å². The van der Waals surface area contributed by atoms with Crippen LogP contribution in [-0.4, -0.2) is 32.0 Å². The van der Waals surface area contributed by atoms with E-state index in [1.165, 1.54) is 0 Å². The number of halogens is 1. The molecule has 0 saturated carbocycles. The first kappa shape index (κ1) is 24.2. The number of thiocarbonyl (C=S) groups is 1. The Labute approximate surface area is 224 Å². The molecule has 3 heterocycles. The molecule has 6 nitrogen and oxygen atoms in total. The first-order valence-corrected chi connectivity index (χ1v) is 13.0. The summed E-state index contributed by atoms with van der Waals surface area (Å²) in [6.07, 6.45) is 4.15. The number of rotatable bonds is 7. The van der Waals surface area contributed by atoms with Crippen LogP contribution in [0.2, 0.25) is 0 Å². The minimum Gasteiger partial charge on any atom is -0.352 e. The van der Waals surface area contributed by atoms with Crippen molar-refractivity contribution in [1.82, 2.24) is 19.8 Å². The van der Waals surface area contributed by atoms with E-state index in [2.05, 4.69) is 65.4 Å². The van der Waals surface area contributed by atoms with Gasteiger partial charge in [0.1, 0.15) is 0 Å². The quantitative estimate of drug-likeness (QED) is 0.274. The number of benzene rings is 2. The molecule has 2 aromatic heterocycles. The van der Waals surface area contributed by atoms with Crippen LogP contribution in [-0.2, 0) is 4.79 Å². The van der Waals surface area contributed by atoms with Crippen LogP contribution < -0.4 is 10.6 Å². The number of hydrogen-bond donors (Lipinski definition) is 2. The van der Waals surface area contributed by atoms with E-state index in [0.717, 1.165) is 32.8 Å². The fraction of sp³-hybridized carbons (Fsp3) is 0.179. The second kappa shape index (κ2) is 10.6. The zero-order chi connectivity index (χ0) is 25.1. The lowest BCUT2D eigenvalue weighted by Gasteiger charge is -2.29. The molecule has 1 amide bonds. The average molecular weight is 561 g/mol. The Morgan fingerprint density at radius 3 is 2.72 bits per heavy atom. The molecule has 0 radical (unpaired) electrons. The number of pyridine rings is 1. The molecule has 8 heteroatoms. The minimum absolute atomic E-state index is 0.0502. The van der Waals surface area contributed by atoms with Crippen molar-refractivity contribution >= 4 is 44.9 Å². The minimum atomic E-state index is -0.153. The monoisotopic (exact) mass is 559 g/mol. The van der Waals surface area contributed by atoms with Gasteiger partial charge in [-0.05, 0) is 79.3 Å². The summed E-state index contributed by atoms with van der Waals surface area (Å²) in [4.78, 5) is 19.6. The van der Waals surface area contributed by atoms with Gasteiger partial charge in [0.05, 0.1) is 17.8 Å². The summed E-state index contributed by atoms with van der Waals surface area (Å²) in [5.41, 5.74) is 4.91. The van der Waals surface area contributed by atoms with Crippen molar-refractivity contribution in [2.45, 2.75) is 25.4 Å². The number of anilines is 1. The summed E-state index contributed by atoms with van der Waals surface area (Å²) < 4.78 is 3.17. The standard InChI is InChI=1S/C28H26BrN5OS/c1-19-7-4-9-21(17-19)31-25(35)13-16-34-27(26(32-28(34)36)23-11-2-3-14-30-23)24-12-6-15-33(24)22-10-5-8-20(29)18-22/h2-12,14-15,17-18,26-27H,13,16H2,1H3,(H,31,35)(H,32,36)/t26-,27-/m0/s1. The van der Waals surface area contributed by atoms with Gasteiger partial charge in [0.15, 0.2) is 5.11 Å². The van der Waals surface area contributed by atoms with Crippen LogP contribution >= 0.6 is 28.1 Å². The maximum atomic E-state index is 12.8. The number of carbonyl (C=O) groups excluding carboxylic acids is 1. The Kier molecular flexibility index (Phi) is 7.16. The molecular weight excluding hydrogens is 534 g/mol. The van der Waals surface area contributed by atoms with Crippen molar-refractivity contribution in [3.8, 4) is 5.69 Å². The third kappa shape index (κ3) is 5.20. The highest BCUT2D eigenvalue weighted by Gasteiger charge is 2.41. The van der Waals surface area contributed by atoms with Gasteiger partial charge >= 0.3 is 0 Å². The van der Waals surface area contributed by atoms with Crippen molar-refractivity contribution < 1.29 is 4.79 Å². The van der Waals surface area contributed by atoms with Crippen LogP contribution in [0.5, 0.6) is 0 Å². The molecule has 1 aliphatic heterocycles. The molecule has 1 fully saturated rings. The van der Waals surface area contributed by atoms with Crippen LogP contribution in [0.15, 0.2) is 95.7 Å². The van der Waals surface area contributed by atoms with E-state index < -0.39 is 0 Å². The first-order valence-electron chi connectivity index (χ1n) is 11.8. The molecule has 1 saturated heterocycles. The molecule has 182 valence electrons. The highest BCUT2D eigenvalue weighted by Crippen LogP contribution is 2.39. The van der Waals surface area contributed by atoms with Gasteiger partial charge in [-0.25, -0.2) is 0 Å². The summed E-state index contributed by atoms with van der Waals surface area (Å²) in [6.45, 7) is 2.48. The highest BCUT2D eigenvalue weighted by atomic mass is 79.9. The summed E-state index contributed by atoms with van der Waals surface area (Å²) in [7, 11) is 0. The van der Waals surface area contributed by atoms with E-state index in [4.69, 9.17) is 12.2 Å². The van der Waals surface area contributed by atoms with E-state index >= 15 is 0 Å². The zero-order valence-electron chi connectivity index (χ0n) is 19.8. The zero-order valence-corrected chi connectivity index (χ0v) is 22.2. The number of nitrogens with one attached hydrogen (secondary N) is 2. The average Bonchev–Trinajstić information content (AvgIpc) is 3.47. The summed E-state index contributed by atoms with van der Waals surface area (Å²) in [6, 6.07) is 25.7. The largest absolute Gasteiger partial charge is 0.352 e. The van der Waals surface area contributed by atoms with E-state index in [1.807, 2.05) is 67.6 Å². The molecule has 1 aliphatic rings. The van der Waals surface area contributed by atoms with Crippen LogP contribution in [0.3, 0.4) is 0 Å². The third-order valence-electron chi connectivity index (χ3n) is 6.25. The topological polar surface area (TPSA) is 62.2 Å². The molecule has 2 atom stereocenters. The fourth-order valence-electron chi connectivity index (χ4n) is 4.63. The molecular formula is C28H26BrN5OS. The Morgan fingerprint density at radius 1 is 1.08 bits per heavy atom. The van der Waals surface area contributed by atoms with Gasteiger partial charge in [-0.3, -0.25) is 9.78 Å². The van der Waals surface area contributed by atoms with Gasteiger partial charge in [0.2, 0.25) is 5.91 Å². The number of aryl methyl sites for hydroxylation is 1. The Morgan fingerprint density at radius 2 is 1.94 bits per heavy atom. The molecule has 2 N–H and O–H groups in total. The maximum absolute atomic E-state index is 12.8. The van der Waals surface area contributed by atoms with Crippen molar-refractivity contribution in [2.75, 3.05) is 11.9 Å². The lowest BCUT2D eigenvalue weighted by Crippen LogP contribution is -2.33. The summed E-state index contributed by atoms with van der Waals surface area (Å²) in [5, 5.41) is 7.09. The molecule has 0 spiro atoms. The van der Waals surface area contributed by atoms with Gasteiger partial charge in [0.25, 0.3) is 0 Å². The number of carbonyl (C=O) groups is 1. The van der Waals surface area contributed by atoms with Gasteiger partial charge < -0.3 is 20.1 Å². The van der Waals surface area contributed by atoms with Crippen molar-refractivity contribution in [2.24, 2.45) is 0 Å². The fourth-order valence-corrected chi connectivity index (χ4v) is 5.35. The van der Waals surface area contributed by atoms with E-state index in [9.17, 15) is 4.79 Å². The first-order chi connectivity index (χ1) is 17.5. The van der Waals surface area contributed by atoms with Crippen molar-refractivity contribution in [1.29, 1.82) is 0 Å². The van der Waals surface area contributed by atoms with Gasteiger partial charge in [-0.2, -0.15) is 0 Å². The molecule has 2 aromatic carbocycles. The third-order valence-corrected chi connectivity index (χ3v) is 7.09. The molecule has 4 aromatic rings. The van der Waals surface area contributed by atoms with Crippen LogP contribution in [0.4, 0.5) is 5.69 Å². The molecule has 5 rings (SSSR count). The number of amides is 1. The molecule has 0 bridgehead atoms. The van der Waals surface area contributed by atoms with Crippen LogP contribution in [0.1, 0.15) is 35.5 Å². The highest BCUT2D eigenvalue weighted by molar-refractivity contribution is 9.10. The van der Waals surface area contributed by atoms with Crippen molar-refractivity contribution in [3.05, 3.63) is 113 Å². The Hall–Kier alpha value is -3.49. The van der Waals surface area contributed by atoms with E-state index in [1.54, 1.807) is 6.20 Å². The molecule has 0 aliphatic carbocycles. The smallest absolute Gasteiger partial charge is 0.226 e. The lowest BCUT2D eigenvalue weighted by molar-refractivity contribution is -0.116. The number of nitrogens with zero attached hydrogens (tertiary/aromatic N) is 3. The van der Waals surface area contributed by atoms with Gasteiger partial charge in [0, 0.05) is 46.9 Å². The lowest BCUT2D eigenvalue weighted by atomic mass is 10.0. The van der Waals surface area contributed by atoms with Gasteiger partial charge in [-0.15, -0.1) is 0 Å². The SMILES string of the molecule is Cc1cccc(NC(=O)CCN2C(=S)N[C@@H](c3ccccn3)[C@@H]2c2cccn2-c2cccc(Br)c2)c1. The predicted molar refractivity (Wildman–Crippen MR) is 150 cm³/mol. The van der Waals surface area contributed by atoms with E-state index in [-0.39, 0.29) is 18.0 Å². The predicted octanol–water partition coefficient (Wildman–Crippen LogP) is 5.94.